The first-order chi connectivity index (χ1) is 13.7. The van der Waals surface area contributed by atoms with Crippen LogP contribution >= 0.6 is 43.2 Å². The van der Waals surface area contributed by atoms with Gasteiger partial charge in [0.1, 0.15) is 0 Å². The summed E-state index contributed by atoms with van der Waals surface area (Å²) in [5.41, 5.74) is 2.79. The van der Waals surface area contributed by atoms with E-state index >= 15 is 0 Å². The average molecular weight is 451 g/mol. The standard InChI is InChI=1S/C23H30OS4/c1-20(24)10-8-9-15-23(28-27-19-22-13-6-3-7-14-22)16-17-25-26-18-21-11-4-2-5-12-21/h2-7,11-14,23-24H,1,8-10,15-19H2. The van der Waals surface area contributed by atoms with Crippen LogP contribution in [-0.4, -0.2) is 16.1 Å². The van der Waals surface area contributed by atoms with Crippen LogP contribution in [0.5, 0.6) is 0 Å². The number of rotatable bonds is 15. The number of aliphatic hydroxyl groups is 1. The number of aliphatic hydroxyl groups excluding tert-OH is 1. The Morgan fingerprint density at radius 1 is 0.786 bits per heavy atom. The minimum atomic E-state index is 0.315. The molecule has 1 nitrogen and oxygen atoms in total. The van der Waals surface area contributed by atoms with Crippen LogP contribution in [0, 0.1) is 0 Å². The number of hydrogen-bond acceptors (Lipinski definition) is 5. The van der Waals surface area contributed by atoms with Crippen LogP contribution < -0.4 is 0 Å². The van der Waals surface area contributed by atoms with Crippen molar-refractivity contribution >= 4 is 43.2 Å². The lowest BCUT2D eigenvalue weighted by Crippen LogP contribution is -2.03. The van der Waals surface area contributed by atoms with E-state index in [2.05, 4.69) is 67.2 Å². The van der Waals surface area contributed by atoms with Gasteiger partial charge in [-0.05, 0) is 30.4 Å². The molecule has 28 heavy (non-hydrogen) atoms. The molecule has 0 bridgehead atoms. The Bertz CT molecular complexity index is 648. The second kappa shape index (κ2) is 15.3. The van der Waals surface area contributed by atoms with Crippen LogP contribution in [0.4, 0.5) is 0 Å². The van der Waals surface area contributed by atoms with Gasteiger partial charge in [-0.15, -0.1) is 0 Å². The fourth-order valence-corrected chi connectivity index (χ4v) is 7.83. The van der Waals surface area contributed by atoms with Gasteiger partial charge >= 0.3 is 0 Å². The molecule has 2 rings (SSSR count). The maximum absolute atomic E-state index is 9.27. The largest absolute Gasteiger partial charge is 0.513 e. The first-order valence-corrected chi connectivity index (χ1v) is 14.6. The maximum atomic E-state index is 9.27. The minimum absolute atomic E-state index is 0.315. The minimum Gasteiger partial charge on any atom is -0.513 e. The zero-order valence-electron chi connectivity index (χ0n) is 16.3. The molecule has 5 heteroatoms. The lowest BCUT2D eigenvalue weighted by atomic mass is 10.1. The van der Waals surface area contributed by atoms with Crippen molar-refractivity contribution in [3.63, 3.8) is 0 Å². The molecule has 152 valence electrons. The second-order valence-electron chi connectivity index (χ2n) is 6.64. The Balaban J connectivity index is 1.66. The summed E-state index contributed by atoms with van der Waals surface area (Å²) in [6, 6.07) is 21.4. The van der Waals surface area contributed by atoms with Gasteiger partial charge in [0.2, 0.25) is 0 Å². The summed E-state index contributed by atoms with van der Waals surface area (Å²) >= 11 is 0. The topological polar surface area (TPSA) is 20.2 Å². The Morgan fingerprint density at radius 2 is 1.39 bits per heavy atom. The Labute approximate surface area is 186 Å². The predicted octanol–water partition coefficient (Wildman–Crippen LogP) is 8.54. The van der Waals surface area contributed by atoms with Crippen molar-refractivity contribution in [2.24, 2.45) is 0 Å². The molecule has 0 amide bonds. The molecular formula is C23H30OS4. The Morgan fingerprint density at radius 3 is 2.00 bits per heavy atom. The van der Waals surface area contributed by atoms with Gasteiger partial charge in [0.25, 0.3) is 0 Å². The van der Waals surface area contributed by atoms with E-state index in [1.807, 2.05) is 43.2 Å². The Kier molecular flexibility index (Phi) is 12.9. The monoisotopic (exact) mass is 450 g/mol. The molecule has 0 radical (unpaired) electrons. The summed E-state index contributed by atoms with van der Waals surface area (Å²) in [7, 11) is 7.96. The van der Waals surface area contributed by atoms with Gasteiger partial charge in [-0.25, -0.2) is 0 Å². The van der Waals surface area contributed by atoms with Crippen LogP contribution in [-0.2, 0) is 11.5 Å². The van der Waals surface area contributed by atoms with E-state index < -0.39 is 0 Å². The number of allylic oxidation sites excluding steroid dienone is 1. The van der Waals surface area contributed by atoms with Gasteiger partial charge in [0, 0.05) is 28.9 Å². The number of hydrogen-bond donors (Lipinski definition) is 1. The third-order valence-corrected chi connectivity index (χ3v) is 9.47. The molecule has 1 N–H and O–H groups in total. The third-order valence-electron chi connectivity index (χ3n) is 4.19. The first kappa shape index (κ1) is 23.7. The van der Waals surface area contributed by atoms with Gasteiger partial charge in [0.05, 0.1) is 5.76 Å². The average Bonchev–Trinajstić information content (AvgIpc) is 2.72. The molecule has 0 spiro atoms. The van der Waals surface area contributed by atoms with Crippen molar-refractivity contribution in [3.05, 3.63) is 84.1 Å². The summed E-state index contributed by atoms with van der Waals surface area (Å²) in [6.07, 6.45) is 5.37. The summed E-state index contributed by atoms with van der Waals surface area (Å²) < 4.78 is 0. The molecule has 1 atom stereocenters. The van der Waals surface area contributed by atoms with E-state index in [0.717, 1.165) is 30.8 Å². The summed E-state index contributed by atoms with van der Waals surface area (Å²) in [4.78, 5) is 0. The normalized spacial score (nSPS) is 12.0. The fourth-order valence-electron chi connectivity index (χ4n) is 2.64. The SMILES string of the molecule is C=C(O)CCCCC(CCSSCc1ccccc1)SSCc1ccccc1. The van der Waals surface area contributed by atoms with Gasteiger partial charge in [-0.2, -0.15) is 0 Å². The quantitative estimate of drug-likeness (QED) is 0.166. The molecule has 1 unspecified atom stereocenters. The van der Waals surface area contributed by atoms with E-state index in [0.29, 0.717) is 11.0 Å². The highest BCUT2D eigenvalue weighted by Gasteiger charge is 2.11. The zero-order valence-corrected chi connectivity index (χ0v) is 19.6. The van der Waals surface area contributed by atoms with E-state index in [-0.39, 0.29) is 0 Å². The van der Waals surface area contributed by atoms with Crippen molar-refractivity contribution in [2.45, 2.75) is 48.9 Å². The molecule has 0 aliphatic carbocycles. The highest BCUT2D eigenvalue weighted by molar-refractivity contribution is 8.77. The molecule has 0 fully saturated rings. The molecule has 2 aromatic rings. The van der Waals surface area contributed by atoms with Crippen molar-refractivity contribution in [1.29, 1.82) is 0 Å². The molecule has 0 heterocycles. The van der Waals surface area contributed by atoms with E-state index in [4.69, 9.17) is 0 Å². The summed E-state index contributed by atoms with van der Waals surface area (Å²) in [5, 5.41) is 9.94. The first-order valence-electron chi connectivity index (χ1n) is 9.71. The zero-order chi connectivity index (χ0) is 19.9. The van der Waals surface area contributed by atoms with Crippen molar-refractivity contribution in [3.8, 4) is 0 Å². The molecular weight excluding hydrogens is 421 g/mol. The smallest absolute Gasteiger partial charge is 0.0851 e. The Hall–Kier alpha value is -0.620. The maximum Gasteiger partial charge on any atom is 0.0851 e. The molecule has 2 aromatic carbocycles. The van der Waals surface area contributed by atoms with Crippen molar-refractivity contribution in [2.75, 3.05) is 5.75 Å². The molecule has 0 saturated heterocycles. The van der Waals surface area contributed by atoms with Crippen molar-refractivity contribution < 1.29 is 5.11 Å². The lowest BCUT2D eigenvalue weighted by Gasteiger charge is -2.15. The highest BCUT2D eigenvalue weighted by atomic mass is 33.1. The van der Waals surface area contributed by atoms with Crippen LogP contribution in [0.15, 0.2) is 73.0 Å². The molecule has 0 aromatic heterocycles. The van der Waals surface area contributed by atoms with Gasteiger partial charge in [-0.1, -0.05) is 117 Å². The summed E-state index contributed by atoms with van der Waals surface area (Å²) in [6.45, 7) is 3.59. The third kappa shape index (κ3) is 11.4. The van der Waals surface area contributed by atoms with Crippen LogP contribution in [0.3, 0.4) is 0 Å². The van der Waals surface area contributed by atoms with E-state index in [1.165, 1.54) is 29.7 Å². The van der Waals surface area contributed by atoms with Crippen LogP contribution in [0.1, 0.15) is 43.2 Å². The molecule has 0 saturated carbocycles. The van der Waals surface area contributed by atoms with Gasteiger partial charge in [-0.3, -0.25) is 0 Å². The van der Waals surface area contributed by atoms with Crippen LogP contribution in [0.2, 0.25) is 0 Å². The lowest BCUT2D eigenvalue weighted by molar-refractivity contribution is 0.383. The second-order valence-corrected chi connectivity index (χ2v) is 11.9. The van der Waals surface area contributed by atoms with E-state index in [1.54, 1.807) is 0 Å². The number of unbranched alkanes of at least 4 members (excludes halogenated alkanes) is 1. The van der Waals surface area contributed by atoms with Gasteiger partial charge in [0.15, 0.2) is 0 Å². The van der Waals surface area contributed by atoms with E-state index in [9.17, 15) is 5.11 Å². The summed E-state index contributed by atoms with van der Waals surface area (Å²) in [5.74, 6) is 3.64. The molecule has 0 aliphatic heterocycles. The van der Waals surface area contributed by atoms with Crippen molar-refractivity contribution in [1.82, 2.24) is 0 Å². The van der Waals surface area contributed by atoms with Crippen LogP contribution in [0.25, 0.3) is 0 Å². The molecule has 0 aliphatic rings. The van der Waals surface area contributed by atoms with Gasteiger partial charge < -0.3 is 5.11 Å². The number of benzene rings is 2. The predicted molar refractivity (Wildman–Crippen MR) is 134 cm³/mol. The highest BCUT2D eigenvalue weighted by Crippen LogP contribution is 2.36. The fraction of sp³-hybridized carbons (Fsp3) is 0.391.